The van der Waals surface area contributed by atoms with Crippen molar-refractivity contribution in [2.45, 2.75) is 56.0 Å². The molecule has 8 heteroatoms. The van der Waals surface area contributed by atoms with Crippen LogP contribution < -0.4 is 16.0 Å². The molecule has 8 nitrogen and oxygen atoms in total. The lowest BCUT2D eigenvalue weighted by atomic mass is 9.61. The second-order valence-corrected chi connectivity index (χ2v) is 10.4. The Morgan fingerprint density at radius 1 is 0.886 bits per heavy atom. The number of H-pyrrole nitrogens is 1. The molecule has 2 aromatic carbocycles. The van der Waals surface area contributed by atoms with Crippen molar-refractivity contribution >= 4 is 28.6 Å². The molecule has 1 aromatic heterocycles. The highest BCUT2D eigenvalue weighted by Gasteiger charge is 2.50. The van der Waals surface area contributed by atoms with Crippen LogP contribution in [0.15, 0.2) is 48.5 Å². The molecule has 180 valence electrons. The number of fused-ring (bicyclic) bond motifs is 4. The Morgan fingerprint density at radius 2 is 1.57 bits per heavy atom. The number of carbonyl (C=O) groups is 3. The Labute approximate surface area is 203 Å². The van der Waals surface area contributed by atoms with Gasteiger partial charge in [0.05, 0.1) is 11.4 Å². The first kappa shape index (κ1) is 21.8. The number of aromatic amines is 1. The largest absolute Gasteiger partial charge is 0.355 e. The van der Waals surface area contributed by atoms with E-state index in [2.05, 4.69) is 38.3 Å². The van der Waals surface area contributed by atoms with E-state index >= 15 is 0 Å². The minimum absolute atomic E-state index is 0.0281. The number of nitrogens with one attached hydrogen (secondary N) is 4. The Hall–Kier alpha value is -3.68. The number of amides is 3. The van der Waals surface area contributed by atoms with Gasteiger partial charge < -0.3 is 16.0 Å². The van der Waals surface area contributed by atoms with E-state index in [4.69, 9.17) is 0 Å². The summed E-state index contributed by atoms with van der Waals surface area (Å²) in [6.45, 7) is 0.422. The lowest BCUT2D eigenvalue weighted by Crippen LogP contribution is -2.64. The molecule has 0 radical (unpaired) electrons. The number of nitrogens with zero attached hydrogens (tertiary/aromatic N) is 1. The molecular weight excluding hydrogens is 442 g/mol. The van der Waals surface area contributed by atoms with E-state index in [1.54, 1.807) is 0 Å². The first-order chi connectivity index (χ1) is 16.9. The van der Waals surface area contributed by atoms with Crippen LogP contribution in [0.4, 0.5) is 0 Å². The van der Waals surface area contributed by atoms with Gasteiger partial charge in [-0.2, -0.15) is 5.10 Å². The summed E-state index contributed by atoms with van der Waals surface area (Å²) in [6, 6.07) is 16.1. The Morgan fingerprint density at radius 3 is 2.23 bits per heavy atom. The molecule has 1 unspecified atom stereocenters. The fraction of sp³-hybridized carbons (Fsp3) is 0.407. The van der Waals surface area contributed by atoms with Crippen LogP contribution in [0.1, 0.15) is 55.4 Å². The average molecular weight is 472 g/mol. The lowest BCUT2D eigenvalue weighted by Gasteiger charge is -2.54. The third kappa shape index (κ3) is 3.96. The van der Waals surface area contributed by atoms with Crippen molar-refractivity contribution in [2.24, 2.45) is 5.92 Å². The number of hydrogen-bond acceptors (Lipinski definition) is 4. The summed E-state index contributed by atoms with van der Waals surface area (Å²) >= 11 is 0. The van der Waals surface area contributed by atoms with Crippen molar-refractivity contribution in [3.8, 4) is 11.1 Å². The van der Waals surface area contributed by atoms with Gasteiger partial charge in [0.2, 0.25) is 11.8 Å². The lowest BCUT2D eigenvalue weighted by molar-refractivity contribution is -0.129. The zero-order chi connectivity index (χ0) is 24.0. The van der Waals surface area contributed by atoms with E-state index in [0.717, 1.165) is 60.6 Å². The van der Waals surface area contributed by atoms with Crippen LogP contribution in [-0.2, 0) is 9.59 Å². The Bertz CT molecular complexity index is 1290. The van der Waals surface area contributed by atoms with Crippen molar-refractivity contribution in [2.75, 3.05) is 6.54 Å². The smallest absolute Gasteiger partial charge is 0.272 e. The summed E-state index contributed by atoms with van der Waals surface area (Å²) in [5.41, 5.74) is 2.96. The van der Waals surface area contributed by atoms with Crippen LogP contribution in [-0.4, -0.2) is 45.5 Å². The fourth-order valence-electron chi connectivity index (χ4n) is 6.02. The van der Waals surface area contributed by atoms with Crippen molar-refractivity contribution < 1.29 is 14.4 Å². The minimum Gasteiger partial charge on any atom is -0.355 e. The molecule has 3 saturated carbocycles. The summed E-state index contributed by atoms with van der Waals surface area (Å²) in [7, 11) is 0. The van der Waals surface area contributed by atoms with Gasteiger partial charge >= 0.3 is 0 Å². The van der Waals surface area contributed by atoms with Gasteiger partial charge in [-0.25, -0.2) is 0 Å². The van der Waals surface area contributed by atoms with Gasteiger partial charge in [-0.1, -0.05) is 36.4 Å². The van der Waals surface area contributed by atoms with Gasteiger partial charge in [0, 0.05) is 29.4 Å². The third-order valence-electron chi connectivity index (χ3n) is 8.25. The van der Waals surface area contributed by atoms with E-state index in [-0.39, 0.29) is 41.1 Å². The van der Waals surface area contributed by atoms with Gasteiger partial charge in [-0.15, -0.1) is 0 Å². The predicted octanol–water partition coefficient (Wildman–Crippen LogP) is 3.06. The molecule has 3 aromatic rings. The average Bonchev–Trinajstić information content (AvgIpc) is 3.52. The number of hydrogen-bond donors (Lipinski definition) is 4. The van der Waals surface area contributed by atoms with Crippen LogP contribution >= 0.6 is 0 Å². The molecule has 4 N–H and O–H groups in total. The van der Waals surface area contributed by atoms with Gasteiger partial charge in [0.1, 0.15) is 0 Å². The second kappa shape index (κ2) is 8.22. The van der Waals surface area contributed by atoms with Crippen molar-refractivity contribution in [1.82, 2.24) is 26.1 Å². The zero-order valence-corrected chi connectivity index (χ0v) is 19.5. The molecule has 4 fully saturated rings. The molecular formula is C27H29N5O3. The maximum atomic E-state index is 13.3. The Balaban J connectivity index is 1.13. The molecule has 4 aliphatic rings. The van der Waals surface area contributed by atoms with Gasteiger partial charge in [0.25, 0.3) is 5.91 Å². The SMILES string of the molecule is O=C1CC(C(=O)NC23CCC(NC(=O)c4n[nH]c5cc(-c6ccccc6)ccc45)(CC2)CC3)CN1. The number of benzene rings is 2. The van der Waals surface area contributed by atoms with Crippen LogP contribution in [0, 0.1) is 5.92 Å². The number of carbonyl (C=O) groups excluding carboxylic acids is 3. The quantitative estimate of drug-likeness (QED) is 0.458. The van der Waals surface area contributed by atoms with E-state index in [1.165, 1.54) is 0 Å². The fourth-order valence-corrected chi connectivity index (χ4v) is 6.02. The maximum Gasteiger partial charge on any atom is 0.272 e. The maximum absolute atomic E-state index is 13.3. The zero-order valence-electron chi connectivity index (χ0n) is 19.5. The van der Waals surface area contributed by atoms with Gasteiger partial charge in [-0.05, 0) is 61.8 Å². The van der Waals surface area contributed by atoms with E-state index in [1.807, 2.05) is 36.4 Å². The van der Waals surface area contributed by atoms with E-state index < -0.39 is 0 Å². The van der Waals surface area contributed by atoms with E-state index in [0.29, 0.717) is 12.2 Å². The Kier molecular flexibility index (Phi) is 5.12. The highest BCUT2D eigenvalue weighted by molar-refractivity contribution is 6.05. The highest BCUT2D eigenvalue weighted by atomic mass is 16.2. The monoisotopic (exact) mass is 471 g/mol. The second-order valence-electron chi connectivity index (χ2n) is 10.4. The number of aromatic nitrogens is 2. The summed E-state index contributed by atoms with van der Waals surface area (Å²) in [5, 5.41) is 17.5. The molecule has 3 amide bonds. The molecule has 1 aliphatic heterocycles. The summed E-state index contributed by atoms with van der Waals surface area (Å²) in [6.07, 6.45) is 5.22. The van der Waals surface area contributed by atoms with Gasteiger partial charge in [-0.3, -0.25) is 19.5 Å². The molecule has 1 atom stereocenters. The first-order valence-corrected chi connectivity index (χ1v) is 12.4. The van der Waals surface area contributed by atoms with E-state index in [9.17, 15) is 14.4 Å². The van der Waals surface area contributed by atoms with Crippen molar-refractivity contribution in [3.05, 3.63) is 54.2 Å². The third-order valence-corrected chi connectivity index (χ3v) is 8.25. The predicted molar refractivity (Wildman–Crippen MR) is 131 cm³/mol. The molecule has 2 heterocycles. The molecule has 35 heavy (non-hydrogen) atoms. The van der Waals surface area contributed by atoms with Crippen LogP contribution in [0.3, 0.4) is 0 Å². The van der Waals surface area contributed by atoms with Crippen molar-refractivity contribution in [1.29, 1.82) is 0 Å². The molecule has 1 saturated heterocycles. The first-order valence-electron chi connectivity index (χ1n) is 12.4. The number of rotatable bonds is 5. The molecule has 3 aliphatic carbocycles. The highest BCUT2D eigenvalue weighted by Crippen LogP contribution is 2.47. The minimum atomic E-state index is -0.277. The standard InChI is InChI=1S/C27H29N5O3/c33-22-15-19(16-28-22)24(34)29-26-8-11-27(12-9-26,13-10-26)30-25(35)23-20-7-6-18(14-21(20)31-32-23)17-4-2-1-3-5-17/h1-7,14,19H,8-13,15-16H2,(H,28,33)(H,29,34)(H,30,35)(H,31,32). The molecule has 2 bridgehead atoms. The summed E-state index contributed by atoms with van der Waals surface area (Å²) in [4.78, 5) is 37.5. The summed E-state index contributed by atoms with van der Waals surface area (Å²) < 4.78 is 0. The molecule has 0 spiro atoms. The molecule has 7 rings (SSSR count). The van der Waals surface area contributed by atoms with Crippen LogP contribution in [0.25, 0.3) is 22.0 Å². The topological polar surface area (TPSA) is 116 Å². The van der Waals surface area contributed by atoms with Crippen LogP contribution in [0.2, 0.25) is 0 Å². The van der Waals surface area contributed by atoms with Gasteiger partial charge in [0.15, 0.2) is 5.69 Å². The summed E-state index contributed by atoms with van der Waals surface area (Å²) in [5.74, 6) is -0.517. The van der Waals surface area contributed by atoms with Crippen LogP contribution in [0.5, 0.6) is 0 Å². The normalized spacial score (nSPS) is 27.5. The van der Waals surface area contributed by atoms with Crippen molar-refractivity contribution in [3.63, 3.8) is 0 Å².